The van der Waals surface area contributed by atoms with Crippen LogP contribution in [0.4, 0.5) is 0 Å². The molecule has 0 unspecified atom stereocenters. The van der Waals surface area contributed by atoms with Gasteiger partial charge in [-0.1, -0.05) is 0 Å². The fourth-order valence-corrected chi connectivity index (χ4v) is 3.46. The van der Waals surface area contributed by atoms with Crippen LogP contribution in [0.1, 0.15) is 23.5 Å². The summed E-state index contributed by atoms with van der Waals surface area (Å²) in [7, 11) is -3.35. The lowest BCUT2D eigenvalue weighted by Gasteiger charge is -2.05. The minimum atomic E-state index is -3.35. The van der Waals surface area contributed by atoms with Crippen LogP contribution in [-0.2, 0) is 16.6 Å². The summed E-state index contributed by atoms with van der Waals surface area (Å²) >= 11 is 1.62. The zero-order valence-corrected chi connectivity index (χ0v) is 12.6. The zero-order chi connectivity index (χ0) is 14.0. The van der Waals surface area contributed by atoms with E-state index in [1.54, 1.807) is 11.3 Å². The van der Waals surface area contributed by atoms with E-state index >= 15 is 0 Å². The maximum atomic E-state index is 10.8. The van der Waals surface area contributed by atoms with Crippen molar-refractivity contribution < 1.29 is 8.42 Å². The molecule has 6 nitrogen and oxygen atoms in total. The van der Waals surface area contributed by atoms with Gasteiger partial charge in [0.2, 0.25) is 10.0 Å². The molecule has 2 heterocycles. The van der Waals surface area contributed by atoms with Crippen LogP contribution in [0.25, 0.3) is 4.96 Å². The first-order valence-corrected chi connectivity index (χ1v) is 8.61. The Morgan fingerprint density at radius 1 is 1.47 bits per heavy atom. The molecule has 0 spiro atoms. The van der Waals surface area contributed by atoms with Gasteiger partial charge in [-0.05, 0) is 26.8 Å². The number of sulfonamides is 1. The Balaban J connectivity index is 1.95. The second-order valence-electron chi connectivity index (χ2n) is 4.54. The topological polar surface area (TPSA) is 89.5 Å². The van der Waals surface area contributed by atoms with Crippen molar-refractivity contribution in [3.05, 3.63) is 22.5 Å². The molecule has 2 aromatic rings. The van der Waals surface area contributed by atoms with Gasteiger partial charge in [-0.15, -0.1) is 11.3 Å². The van der Waals surface area contributed by atoms with Crippen molar-refractivity contribution in [1.29, 1.82) is 0 Å². The highest BCUT2D eigenvalue weighted by Crippen LogP contribution is 2.20. The lowest BCUT2D eigenvalue weighted by molar-refractivity contribution is 0.589. The molecule has 0 aromatic carbocycles. The molecule has 0 bridgehead atoms. The van der Waals surface area contributed by atoms with Crippen molar-refractivity contribution in [2.24, 2.45) is 5.14 Å². The number of nitrogens with two attached hydrogens (primary N) is 1. The predicted octanol–water partition coefficient (Wildman–Crippen LogP) is 0.781. The van der Waals surface area contributed by atoms with Crippen LogP contribution in [0.15, 0.2) is 5.38 Å². The van der Waals surface area contributed by atoms with E-state index < -0.39 is 10.0 Å². The van der Waals surface area contributed by atoms with Crippen LogP contribution < -0.4 is 10.5 Å². The van der Waals surface area contributed by atoms with E-state index in [9.17, 15) is 8.42 Å². The zero-order valence-electron chi connectivity index (χ0n) is 11.0. The Morgan fingerprint density at radius 3 is 2.89 bits per heavy atom. The van der Waals surface area contributed by atoms with E-state index in [2.05, 4.69) is 27.0 Å². The molecule has 0 aliphatic rings. The summed E-state index contributed by atoms with van der Waals surface area (Å²) in [6, 6.07) is 0. The number of thiazole rings is 1. The summed E-state index contributed by atoms with van der Waals surface area (Å²) in [5.41, 5.74) is 3.31. The van der Waals surface area contributed by atoms with E-state index in [1.807, 2.05) is 6.92 Å². The first-order valence-electron chi connectivity index (χ1n) is 6.01. The van der Waals surface area contributed by atoms with Crippen molar-refractivity contribution in [2.45, 2.75) is 26.8 Å². The number of hydrogen-bond acceptors (Lipinski definition) is 5. The van der Waals surface area contributed by atoms with Gasteiger partial charge in [0.1, 0.15) is 0 Å². The molecule has 8 heteroatoms. The van der Waals surface area contributed by atoms with Gasteiger partial charge in [0, 0.05) is 17.6 Å². The second-order valence-corrected chi connectivity index (χ2v) is 7.11. The lowest BCUT2D eigenvalue weighted by Crippen LogP contribution is -2.22. The standard InChI is InChI=1S/C11H18N4O2S2/c1-8-7-18-11-14-9(2)10(15(8)11)6-13-4-3-5-19(12,16)17/h7,13H,3-6H2,1-2H3,(H2,12,16,17). The van der Waals surface area contributed by atoms with E-state index in [4.69, 9.17) is 5.14 Å². The molecule has 0 fully saturated rings. The molecular weight excluding hydrogens is 284 g/mol. The van der Waals surface area contributed by atoms with Crippen LogP contribution >= 0.6 is 11.3 Å². The first-order chi connectivity index (χ1) is 8.88. The predicted molar refractivity (Wildman–Crippen MR) is 76.8 cm³/mol. The van der Waals surface area contributed by atoms with Crippen LogP contribution in [0.3, 0.4) is 0 Å². The number of hydrogen-bond donors (Lipinski definition) is 2. The Kier molecular flexibility index (Phi) is 4.24. The molecular formula is C11H18N4O2S2. The second kappa shape index (κ2) is 5.58. The average molecular weight is 302 g/mol. The summed E-state index contributed by atoms with van der Waals surface area (Å²) in [6.45, 7) is 5.33. The maximum absolute atomic E-state index is 10.8. The van der Waals surface area contributed by atoms with Gasteiger partial charge in [-0.3, -0.25) is 4.40 Å². The average Bonchev–Trinajstić information content (AvgIpc) is 2.78. The number of nitrogens with one attached hydrogen (secondary N) is 1. The number of imidazole rings is 1. The third-order valence-electron chi connectivity index (χ3n) is 2.90. The van der Waals surface area contributed by atoms with Crippen molar-refractivity contribution in [3.63, 3.8) is 0 Å². The molecule has 106 valence electrons. The number of primary sulfonamides is 1. The molecule has 19 heavy (non-hydrogen) atoms. The maximum Gasteiger partial charge on any atom is 0.209 e. The fraction of sp³-hybridized carbons (Fsp3) is 0.545. The van der Waals surface area contributed by atoms with Gasteiger partial charge in [0.25, 0.3) is 0 Å². The van der Waals surface area contributed by atoms with Crippen LogP contribution in [0.5, 0.6) is 0 Å². The van der Waals surface area contributed by atoms with E-state index in [0.29, 0.717) is 19.5 Å². The normalized spacial score (nSPS) is 12.4. The Labute approximate surface area is 116 Å². The first kappa shape index (κ1) is 14.4. The quantitative estimate of drug-likeness (QED) is 0.772. The third-order valence-corrected chi connectivity index (χ3v) is 4.71. The largest absolute Gasteiger partial charge is 0.311 e. The number of rotatable bonds is 6. The minimum absolute atomic E-state index is 0.0122. The molecule has 0 aliphatic carbocycles. The van der Waals surface area contributed by atoms with E-state index in [-0.39, 0.29) is 5.75 Å². The summed E-state index contributed by atoms with van der Waals surface area (Å²) in [4.78, 5) is 5.49. The number of aryl methyl sites for hydroxylation is 2. The molecule has 2 aromatic heterocycles. The van der Waals surface area contributed by atoms with Crippen LogP contribution in [0.2, 0.25) is 0 Å². The molecule has 0 atom stereocenters. The van der Waals surface area contributed by atoms with Crippen LogP contribution in [0, 0.1) is 13.8 Å². The smallest absolute Gasteiger partial charge is 0.209 e. The molecule has 0 amide bonds. The Hall–Kier alpha value is -0.960. The minimum Gasteiger partial charge on any atom is -0.311 e. The van der Waals surface area contributed by atoms with Gasteiger partial charge in [0.05, 0.1) is 17.1 Å². The molecule has 2 rings (SSSR count). The highest BCUT2D eigenvalue weighted by atomic mass is 32.2. The molecule has 0 saturated heterocycles. The fourth-order valence-electron chi connectivity index (χ4n) is 1.98. The summed E-state index contributed by atoms with van der Waals surface area (Å²) in [5, 5.41) is 10.3. The van der Waals surface area contributed by atoms with Crippen molar-refractivity contribution in [3.8, 4) is 0 Å². The summed E-state index contributed by atoms with van der Waals surface area (Å²) in [6.07, 6.45) is 0.516. The number of nitrogens with zero attached hydrogens (tertiary/aromatic N) is 2. The number of fused-ring (bicyclic) bond motifs is 1. The van der Waals surface area contributed by atoms with E-state index in [1.165, 1.54) is 5.69 Å². The summed E-state index contributed by atoms with van der Waals surface area (Å²) < 4.78 is 23.7. The lowest BCUT2D eigenvalue weighted by atomic mass is 10.3. The van der Waals surface area contributed by atoms with Crippen LogP contribution in [-0.4, -0.2) is 30.1 Å². The molecule has 0 saturated carbocycles. The van der Waals surface area contributed by atoms with Gasteiger partial charge in [0.15, 0.2) is 4.96 Å². The van der Waals surface area contributed by atoms with Gasteiger partial charge in [-0.2, -0.15) is 0 Å². The van der Waals surface area contributed by atoms with Gasteiger partial charge < -0.3 is 5.32 Å². The van der Waals surface area contributed by atoms with Crippen molar-refractivity contribution >= 4 is 26.3 Å². The van der Waals surface area contributed by atoms with Gasteiger partial charge >= 0.3 is 0 Å². The monoisotopic (exact) mass is 302 g/mol. The van der Waals surface area contributed by atoms with Gasteiger partial charge in [-0.25, -0.2) is 18.5 Å². The highest BCUT2D eigenvalue weighted by Gasteiger charge is 2.11. The molecule has 3 N–H and O–H groups in total. The van der Waals surface area contributed by atoms with Crippen molar-refractivity contribution in [1.82, 2.24) is 14.7 Å². The van der Waals surface area contributed by atoms with Crippen molar-refractivity contribution in [2.75, 3.05) is 12.3 Å². The number of aromatic nitrogens is 2. The highest BCUT2D eigenvalue weighted by molar-refractivity contribution is 7.89. The molecule has 0 radical (unpaired) electrons. The SMILES string of the molecule is Cc1nc2scc(C)n2c1CNCCCS(N)(=O)=O. The molecule has 0 aliphatic heterocycles. The Bertz CT molecular complexity index is 672. The van der Waals surface area contributed by atoms with E-state index in [0.717, 1.165) is 16.3 Å². The third kappa shape index (κ3) is 3.53. The summed E-state index contributed by atoms with van der Waals surface area (Å²) in [5.74, 6) is 0.0122. The Morgan fingerprint density at radius 2 is 2.21 bits per heavy atom.